The molecule has 2 N–H and O–H groups in total. The van der Waals surface area contributed by atoms with Crippen LogP contribution in [0.4, 0.5) is 0 Å². The van der Waals surface area contributed by atoms with Crippen LogP contribution in [0.3, 0.4) is 0 Å². The van der Waals surface area contributed by atoms with E-state index in [1.807, 2.05) is 6.92 Å². The van der Waals surface area contributed by atoms with Gasteiger partial charge in [-0.25, -0.2) is 9.59 Å². The molecular weight excluding hydrogens is 250 g/mol. The standard InChI is InChI=1S/C12H11N3O4/c1-2-10-14-13-6-15(10)9-4-7(11(16)17)3-8(5-9)12(18)19/h3-6H,2H2,1H3,(H,16,17)(H,18,19). The Balaban J connectivity index is 2.63. The monoisotopic (exact) mass is 261 g/mol. The van der Waals surface area contributed by atoms with Gasteiger partial charge in [-0.1, -0.05) is 6.92 Å². The fourth-order valence-electron chi connectivity index (χ4n) is 1.71. The quantitative estimate of drug-likeness (QED) is 0.857. The summed E-state index contributed by atoms with van der Waals surface area (Å²) in [7, 11) is 0. The Morgan fingerprint density at radius 2 is 1.74 bits per heavy atom. The van der Waals surface area contributed by atoms with Gasteiger partial charge in [0.05, 0.1) is 16.8 Å². The molecule has 0 fully saturated rings. The fraction of sp³-hybridized carbons (Fsp3) is 0.167. The topological polar surface area (TPSA) is 105 Å². The number of hydrogen-bond acceptors (Lipinski definition) is 4. The lowest BCUT2D eigenvalue weighted by Crippen LogP contribution is -2.07. The van der Waals surface area contributed by atoms with Crippen molar-refractivity contribution in [3.63, 3.8) is 0 Å². The highest BCUT2D eigenvalue weighted by atomic mass is 16.4. The first-order valence-electron chi connectivity index (χ1n) is 5.54. The molecule has 0 radical (unpaired) electrons. The average molecular weight is 261 g/mol. The van der Waals surface area contributed by atoms with E-state index in [0.29, 0.717) is 17.9 Å². The van der Waals surface area contributed by atoms with Crippen LogP contribution in [0.15, 0.2) is 24.5 Å². The van der Waals surface area contributed by atoms with Crippen LogP contribution in [0.1, 0.15) is 33.5 Å². The zero-order chi connectivity index (χ0) is 14.0. The molecule has 0 atom stereocenters. The third-order valence-corrected chi connectivity index (χ3v) is 2.62. The predicted molar refractivity (Wildman–Crippen MR) is 64.7 cm³/mol. The number of aromatic carboxylic acids is 2. The summed E-state index contributed by atoms with van der Waals surface area (Å²) in [6.07, 6.45) is 2.02. The lowest BCUT2D eigenvalue weighted by atomic mass is 10.1. The molecule has 0 saturated heterocycles. The maximum Gasteiger partial charge on any atom is 0.335 e. The molecule has 0 spiro atoms. The van der Waals surface area contributed by atoms with Crippen molar-refractivity contribution in [1.29, 1.82) is 0 Å². The van der Waals surface area contributed by atoms with Gasteiger partial charge in [-0.05, 0) is 18.2 Å². The van der Waals surface area contributed by atoms with Gasteiger partial charge in [0, 0.05) is 6.42 Å². The summed E-state index contributed by atoms with van der Waals surface area (Å²) in [5, 5.41) is 25.6. The number of carboxylic acid groups (broad SMARTS) is 2. The number of nitrogens with zero attached hydrogens (tertiary/aromatic N) is 3. The highest BCUT2D eigenvalue weighted by Crippen LogP contribution is 2.16. The molecule has 1 aromatic heterocycles. The number of carbonyl (C=O) groups is 2. The van der Waals surface area contributed by atoms with Crippen molar-refractivity contribution in [2.75, 3.05) is 0 Å². The fourth-order valence-corrected chi connectivity index (χ4v) is 1.71. The van der Waals surface area contributed by atoms with E-state index >= 15 is 0 Å². The molecule has 0 amide bonds. The van der Waals surface area contributed by atoms with E-state index in [-0.39, 0.29) is 11.1 Å². The average Bonchev–Trinajstić information content (AvgIpc) is 2.86. The smallest absolute Gasteiger partial charge is 0.335 e. The van der Waals surface area contributed by atoms with Gasteiger partial charge in [0.2, 0.25) is 0 Å². The van der Waals surface area contributed by atoms with Gasteiger partial charge in [0.1, 0.15) is 12.2 Å². The molecule has 0 aliphatic rings. The first kappa shape index (κ1) is 12.7. The van der Waals surface area contributed by atoms with Gasteiger partial charge in [-0.15, -0.1) is 10.2 Å². The lowest BCUT2D eigenvalue weighted by Gasteiger charge is -2.08. The minimum absolute atomic E-state index is 0.0920. The summed E-state index contributed by atoms with van der Waals surface area (Å²) in [5.41, 5.74) is 0.232. The van der Waals surface area contributed by atoms with Crippen molar-refractivity contribution in [3.05, 3.63) is 41.5 Å². The first-order valence-corrected chi connectivity index (χ1v) is 5.54. The number of aryl methyl sites for hydroxylation is 1. The maximum absolute atomic E-state index is 11.0. The second-order valence-corrected chi connectivity index (χ2v) is 3.85. The second kappa shape index (κ2) is 4.89. The van der Waals surface area contributed by atoms with Gasteiger partial charge in [-0.2, -0.15) is 0 Å². The normalized spacial score (nSPS) is 10.4. The van der Waals surface area contributed by atoms with E-state index in [9.17, 15) is 9.59 Å². The van der Waals surface area contributed by atoms with E-state index < -0.39 is 11.9 Å². The molecule has 1 aromatic carbocycles. The van der Waals surface area contributed by atoms with E-state index in [4.69, 9.17) is 10.2 Å². The van der Waals surface area contributed by atoms with E-state index in [1.165, 1.54) is 18.5 Å². The summed E-state index contributed by atoms with van der Waals surface area (Å²) in [5.74, 6) is -1.75. The largest absolute Gasteiger partial charge is 0.478 e. The highest BCUT2D eigenvalue weighted by Gasteiger charge is 2.13. The summed E-state index contributed by atoms with van der Waals surface area (Å²) < 4.78 is 1.57. The Hall–Kier alpha value is -2.70. The van der Waals surface area contributed by atoms with Crippen molar-refractivity contribution >= 4 is 11.9 Å². The minimum atomic E-state index is -1.18. The number of carboxylic acids is 2. The third-order valence-electron chi connectivity index (χ3n) is 2.62. The summed E-state index contributed by atoms with van der Waals surface area (Å²) >= 11 is 0. The zero-order valence-corrected chi connectivity index (χ0v) is 10.1. The Kier molecular flexibility index (Phi) is 3.28. The van der Waals surface area contributed by atoms with Crippen LogP contribution in [0.5, 0.6) is 0 Å². The molecule has 2 aromatic rings. The van der Waals surface area contributed by atoms with Gasteiger partial charge in [-0.3, -0.25) is 4.57 Å². The molecule has 0 aliphatic carbocycles. The molecule has 19 heavy (non-hydrogen) atoms. The van der Waals surface area contributed by atoms with Crippen molar-refractivity contribution < 1.29 is 19.8 Å². The number of rotatable bonds is 4. The Morgan fingerprint density at radius 1 is 1.16 bits per heavy atom. The third kappa shape index (κ3) is 2.44. The van der Waals surface area contributed by atoms with Crippen LogP contribution < -0.4 is 0 Å². The molecule has 2 rings (SSSR count). The Morgan fingerprint density at radius 3 is 2.21 bits per heavy atom. The van der Waals surface area contributed by atoms with Crippen LogP contribution in [0.25, 0.3) is 5.69 Å². The molecule has 7 heteroatoms. The van der Waals surface area contributed by atoms with Crippen LogP contribution in [-0.4, -0.2) is 36.9 Å². The van der Waals surface area contributed by atoms with Crippen LogP contribution in [-0.2, 0) is 6.42 Å². The molecule has 1 heterocycles. The van der Waals surface area contributed by atoms with Crippen LogP contribution in [0, 0.1) is 0 Å². The minimum Gasteiger partial charge on any atom is -0.478 e. The van der Waals surface area contributed by atoms with Gasteiger partial charge < -0.3 is 10.2 Å². The molecule has 0 saturated carbocycles. The molecular formula is C12H11N3O4. The second-order valence-electron chi connectivity index (χ2n) is 3.85. The summed E-state index contributed by atoms with van der Waals surface area (Å²) in [6, 6.07) is 3.89. The van der Waals surface area contributed by atoms with Gasteiger partial charge >= 0.3 is 11.9 Å². The number of benzene rings is 1. The predicted octanol–water partition coefficient (Wildman–Crippen LogP) is 1.23. The van der Waals surface area contributed by atoms with E-state index in [0.717, 1.165) is 6.07 Å². The number of aromatic nitrogens is 3. The molecule has 98 valence electrons. The van der Waals surface area contributed by atoms with Crippen molar-refractivity contribution in [2.45, 2.75) is 13.3 Å². The summed E-state index contributed by atoms with van der Waals surface area (Å²) in [6.45, 7) is 1.87. The molecule has 0 aliphatic heterocycles. The zero-order valence-electron chi connectivity index (χ0n) is 10.1. The Labute approximate surface area is 108 Å². The maximum atomic E-state index is 11.0. The van der Waals surface area contributed by atoms with Gasteiger partial charge in [0.25, 0.3) is 0 Å². The van der Waals surface area contributed by atoms with Crippen LogP contribution in [0.2, 0.25) is 0 Å². The van der Waals surface area contributed by atoms with E-state index in [1.54, 1.807) is 4.57 Å². The van der Waals surface area contributed by atoms with E-state index in [2.05, 4.69) is 10.2 Å². The van der Waals surface area contributed by atoms with Crippen molar-refractivity contribution in [2.24, 2.45) is 0 Å². The number of hydrogen-bond donors (Lipinski definition) is 2. The van der Waals surface area contributed by atoms with Gasteiger partial charge in [0.15, 0.2) is 0 Å². The highest BCUT2D eigenvalue weighted by molar-refractivity contribution is 5.94. The Bertz CT molecular complexity index is 616. The van der Waals surface area contributed by atoms with Crippen molar-refractivity contribution in [3.8, 4) is 5.69 Å². The SMILES string of the molecule is CCc1nncn1-c1cc(C(=O)O)cc(C(=O)O)c1. The first-order chi connectivity index (χ1) is 9.02. The van der Waals surface area contributed by atoms with Crippen molar-refractivity contribution in [1.82, 2.24) is 14.8 Å². The summed E-state index contributed by atoms with van der Waals surface area (Å²) in [4.78, 5) is 22.0. The lowest BCUT2D eigenvalue weighted by molar-refractivity contribution is 0.0696. The van der Waals surface area contributed by atoms with Crippen LogP contribution >= 0.6 is 0 Å². The molecule has 7 nitrogen and oxygen atoms in total. The molecule has 0 unspecified atom stereocenters. The molecule has 0 bridgehead atoms.